The van der Waals surface area contributed by atoms with Crippen LogP contribution in [0.25, 0.3) is 0 Å². The molecule has 0 bridgehead atoms. The Bertz CT molecular complexity index is 563. The first-order valence-electron chi connectivity index (χ1n) is 6.61. The maximum Gasteiger partial charge on any atom is 0.123 e. The van der Waals surface area contributed by atoms with E-state index >= 15 is 0 Å². The van der Waals surface area contributed by atoms with Crippen molar-refractivity contribution >= 4 is 0 Å². The zero-order valence-corrected chi connectivity index (χ0v) is 11.7. The molecule has 0 aliphatic rings. The summed E-state index contributed by atoms with van der Waals surface area (Å²) < 4.78 is 13.2. The SMILES string of the molecule is Cc1ccc(CNC(C)c2cccc(F)c2)c(C)c1. The first-order valence-corrected chi connectivity index (χ1v) is 6.61. The van der Waals surface area contributed by atoms with Crippen LogP contribution in [-0.4, -0.2) is 0 Å². The molecule has 0 saturated carbocycles. The van der Waals surface area contributed by atoms with Gasteiger partial charge in [0.25, 0.3) is 0 Å². The van der Waals surface area contributed by atoms with Crippen molar-refractivity contribution < 1.29 is 4.39 Å². The molecule has 2 heteroatoms. The summed E-state index contributed by atoms with van der Waals surface area (Å²) in [6, 6.07) is 13.3. The Kier molecular flexibility index (Phi) is 4.33. The summed E-state index contributed by atoms with van der Waals surface area (Å²) in [5, 5.41) is 3.44. The molecule has 0 spiro atoms. The summed E-state index contributed by atoms with van der Waals surface area (Å²) in [4.78, 5) is 0. The highest BCUT2D eigenvalue weighted by Crippen LogP contribution is 2.16. The Morgan fingerprint density at radius 1 is 1.11 bits per heavy atom. The van der Waals surface area contributed by atoms with E-state index in [-0.39, 0.29) is 11.9 Å². The quantitative estimate of drug-likeness (QED) is 0.861. The van der Waals surface area contributed by atoms with Crippen molar-refractivity contribution in [2.45, 2.75) is 33.4 Å². The minimum absolute atomic E-state index is 0.136. The third-order valence-corrected chi connectivity index (χ3v) is 3.45. The van der Waals surface area contributed by atoms with Gasteiger partial charge in [-0.3, -0.25) is 0 Å². The molecule has 0 radical (unpaired) electrons. The van der Waals surface area contributed by atoms with E-state index in [4.69, 9.17) is 0 Å². The smallest absolute Gasteiger partial charge is 0.123 e. The third-order valence-electron chi connectivity index (χ3n) is 3.45. The van der Waals surface area contributed by atoms with Gasteiger partial charge in [0.1, 0.15) is 5.82 Å². The number of halogens is 1. The minimum Gasteiger partial charge on any atom is -0.306 e. The van der Waals surface area contributed by atoms with Gasteiger partial charge in [0.2, 0.25) is 0 Å². The van der Waals surface area contributed by atoms with E-state index in [9.17, 15) is 4.39 Å². The van der Waals surface area contributed by atoms with Crippen LogP contribution in [0.1, 0.15) is 35.2 Å². The molecule has 1 N–H and O–H groups in total. The van der Waals surface area contributed by atoms with Crippen molar-refractivity contribution in [2.75, 3.05) is 0 Å². The Morgan fingerprint density at radius 3 is 2.58 bits per heavy atom. The van der Waals surface area contributed by atoms with Crippen LogP contribution in [0, 0.1) is 19.7 Å². The maximum absolute atomic E-state index is 13.2. The molecule has 1 unspecified atom stereocenters. The summed E-state index contributed by atoms with van der Waals surface area (Å²) in [6.07, 6.45) is 0. The van der Waals surface area contributed by atoms with Crippen LogP contribution in [-0.2, 0) is 6.54 Å². The van der Waals surface area contributed by atoms with Gasteiger partial charge in [-0.05, 0) is 49.6 Å². The lowest BCUT2D eigenvalue weighted by molar-refractivity contribution is 0.564. The average Bonchev–Trinajstić information content (AvgIpc) is 2.37. The Hall–Kier alpha value is -1.67. The van der Waals surface area contributed by atoms with Crippen molar-refractivity contribution in [3.8, 4) is 0 Å². The van der Waals surface area contributed by atoms with E-state index in [0.29, 0.717) is 0 Å². The lowest BCUT2D eigenvalue weighted by Crippen LogP contribution is -2.18. The van der Waals surface area contributed by atoms with Crippen molar-refractivity contribution in [3.05, 3.63) is 70.5 Å². The molecular weight excluding hydrogens is 237 g/mol. The lowest BCUT2D eigenvalue weighted by Gasteiger charge is -2.15. The third kappa shape index (κ3) is 3.65. The Morgan fingerprint density at radius 2 is 1.89 bits per heavy atom. The van der Waals surface area contributed by atoms with Crippen LogP contribution < -0.4 is 5.32 Å². The largest absolute Gasteiger partial charge is 0.306 e. The molecule has 19 heavy (non-hydrogen) atoms. The van der Waals surface area contributed by atoms with E-state index in [1.165, 1.54) is 22.8 Å². The minimum atomic E-state index is -0.183. The zero-order chi connectivity index (χ0) is 13.8. The van der Waals surface area contributed by atoms with Crippen LogP contribution in [0.5, 0.6) is 0 Å². The highest BCUT2D eigenvalue weighted by molar-refractivity contribution is 5.30. The number of hydrogen-bond donors (Lipinski definition) is 1. The zero-order valence-electron chi connectivity index (χ0n) is 11.7. The molecule has 0 aromatic heterocycles. The van der Waals surface area contributed by atoms with Crippen molar-refractivity contribution in [2.24, 2.45) is 0 Å². The van der Waals surface area contributed by atoms with Gasteiger partial charge in [-0.1, -0.05) is 35.9 Å². The molecule has 2 aromatic rings. The molecule has 0 fully saturated rings. The van der Waals surface area contributed by atoms with Gasteiger partial charge < -0.3 is 5.32 Å². The normalized spacial score (nSPS) is 12.4. The molecule has 0 saturated heterocycles. The predicted octanol–water partition coefficient (Wildman–Crippen LogP) is 4.29. The molecule has 0 aliphatic carbocycles. The van der Waals surface area contributed by atoms with Crippen LogP contribution in [0.2, 0.25) is 0 Å². The number of hydrogen-bond acceptors (Lipinski definition) is 1. The van der Waals surface area contributed by atoms with E-state index in [0.717, 1.165) is 12.1 Å². The fourth-order valence-corrected chi connectivity index (χ4v) is 2.20. The van der Waals surface area contributed by atoms with Crippen LogP contribution >= 0.6 is 0 Å². The van der Waals surface area contributed by atoms with Crippen LogP contribution in [0.3, 0.4) is 0 Å². The van der Waals surface area contributed by atoms with Gasteiger partial charge in [-0.15, -0.1) is 0 Å². The fraction of sp³-hybridized carbons (Fsp3) is 0.294. The summed E-state index contributed by atoms with van der Waals surface area (Å²) in [5.41, 5.74) is 4.83. The van der Waals surface area contributed by atoms with Gasteiger partial charge in [-0.2, -0.15) is 0 Å². The summed E-state index contributed by atoms with van der Waals surface area (Å²) in [6.45, 7) is 7.07. The molecular formula is C17H20FN. The second kappa shape index (κ2) is 5.98. The van der Waals surface area contributed by atoms with Gasteiger partial charge in [0, 0.05) is 12.6 Å². The lowest BCUT2D eigenvalue weighted by atomic mass is 10.0. The van der Waals surface area contributed by atoms with E-state index in [1.807, 2.05) is 6.07 Å². The number of nitrogens with one attached hydrogen (secondary N) is 1. The van der Waals surface area contributed by atoms with Gasteiger partial charge >= 0.3 is 0 Å². The van der Waals surface area contributed by atoms with Crippen molar-refractivity contribution in [1.29, 1.82) is 0 Å². The van der Waals surface area contributed by atoms with E-state index in [2.05, 4.69) is 44.3 Å². The van der Waals surface area contributed by atoms with E-state index in [1.54, 1.807) is 12.1 Å². The van der Waals surface area contributed by atoms with Crippen molar-refractivity contribution in [1.82, 2.24) is 5.32 Å². The number of rotatable bonds is 4. The molecule has 100 valence electrons. The van der Waals surface area contributed by atoms with Gasteiger partial charge in [0.15, 0.2) is 0 Å². The van der Waals surface area contributed by atoms with Gasteiger partial charge in [0.05, 0.1) is 0 Å². The molecule has 1 nitrogen and oxygen atoms in total. The maximum atomic E-state index is 13.2. The van der Waals surface area contributed by atoms with Crippen LogP contribution in [0.4, 0.5) is 4.39 Å². The summed E-state index contributed by atoms with van der Waals surface area (Å²) >= 11 is 0. The second-order valence-corrected chi connectivity index (χ2v) is 5.09. The molecule has 0 amide bonds. The summed E-state index contributed by atoms with van der Waals surface area (Å²) in [7, 11) is 0. The average molecular weight is 257 g/mol. The molecule has 0 aliphatic heterocycles. The first-order chi connectivity index (χ1) is 9.06. The van der Waals surface area contributed by atoms with Gasteiger partial charge in [-0.25, -0.2) is 4.39 Å². The monoisotopic (exact) mass is 257 g/mol. The topological polar surface area (TPSA) is 12.0 Å². The Balaban J connectivity index is 2.02. The second-order valence-electron chi connectivity index (χ2n) is 5.09. The predicted molar refractivity (Wildman–Crippen MR) is 77.6 cm³/mol. The Labute approximate surface area is 114 Å². The molecule has 1 atom stereocenters. The molecule has 0 heterocycles. The van der Waals surface area contributed by atoms with E-state index < -0.39 is 0 Å². The van der Waals surface area contributed by atoms with Crippen LogP contribution in [0.15, 0.2) is 42.5 Å². The fourth-order valence-electron chi connectivity index (χ4n) is 2.20. The highest BCUT2D eigenvalue weighted by Gasteiger charge is 2.06. The standard InChI is InChI=1S/C17H20FN/c1-12-7-8-16(13(2)9-12)11-19-14(3)15-5-4-6-17(18)10-15/h4-10,14,19H,11H2,1-3H3. The highest BCUT2D eigenvalue weighted by atomic mass is 19.1. The van der Waals surface area contributed by atoms with Crippen molar-refractivity contribution in [3.63, 3.8) is 0 Å². The first kappa shape index (κ1) is 13.8. The summed E-state index contributed by atoms with van der Waals surface area (Å²) in [5.74, 6) is -0.183. The number of benzene rings is 2. The number of aryl methyl sites for hydroxylation is 2. The molecule has 2 aromatic carbocycles. The molecule has 2 rings (SSSR count).